The van der Waals surface area contributed by atoms with Gasteiger partial charge in [-0.3, -0.25) is 5.32 Å². The maximum atomic E-state index is 11.1. The van der Waals surface area contributed by atoms with E-state index in [0.717, 1.165) is 0 Å². The van der Waals surface area contributed by atoms with Crippen molar-refractivity contribution < 1.29 is 9.21 Å². The number of anilines is 1. The molecule has 0 atom stereocenters. The Morgan fingerprint density at radius 1 is 1.62 bits per heavy atom. The minimum atomic E-state index is -0.308. The molecule has 13 heavy (non-hydrogen) atoms. The Labute approximate surface area is 76.5 Å². The number of hydrogen-bond acceptors (Lipinski definition) is 3. The van der Waals surface area contributed by atoms with Crippen LogP contribution < -0.4 is 10.6 Å². The van der Waals surface area contributed by atoms with Gasteiger partial charge in [-0.05, 0) is 20.8 Å². The highest BCUT2D eigenvalue weighted by molar-refractivity contribution is 5.87. The van der Waals surface area contributed by atoms with Gasteiger partial charge in [-0.15, -0.1) is 0 Å². The van der Waals surface area contributed by atoms with E-state index in [-0.39, 0.29) is 18.1 Å². The molecule has 0 fully saturated rings. The summed E-state index contributed by atoms with van der Waals surface area (Å²) in [5.41, 5.74) is 0. The van der Waals surface area contributed by atoms with Crippen molar-refractivity contribution in [1.82, 2.24) is 10.3 Å². The molecule has 5 heteroatoms. The van der Waals surface area contributed by atoms with Crippen molar-refractivity contribution >= 4 is 12.0 Å². The van der Waals surface area contributed by atoms with Gasteiger partial charge in [-0.2, -0.15) is 0 Å². The second kappa shape index (κ2) is 3.93. The second-order valence-electron chi connectivity index (χ2n) is 3.03. The fourth-order valence-electron chi connectivity index (χ4n) is 0.808. The van der Waals surface area contributed by atoms with Crippen molar-refractivity contribution in [3.8, 4) is 0 Å². The molecule has 0 aliphatic carbocycles. The lowest BCUT2D eigenvalue weighted by molar-refractivity contribution is 0.249. The molecule has 1 heterocycles. The molecule has 1 aromatic rings. The number of oxazole rings is 1. The second-order valence-corrected chi connectivity index (χ2v) is 3.03. The van der Waals surface area contributed by atoms with Crippen LogP contribution in [0.3, 0.4) is 0 Å². The van der Waals surface area contributed by atoms with Crippen LogP contribution in [0, 0.1) is 6.92 Å². The number of carbonyl (C=O) groups excluding carboxylic acids is 1. The zero-order valence-electron chi connectivity index (χ0n) is 7.92. The number of aromatic nitrogens is 1. The van der Waals surface area contributed by atoms with E-state index in [9.17, 15) is 4.79 Å². The zero-order chi connectivity index (χ0) is 9.84. The lowest BCUT2D eigenvalue weighted by Gasteiger charge is -2.06. The summed E-state index contributed by atoms with van der Waals surface area (Å²) < 4.78 is 5.05. The molecule has 0 aromatic carbocycles. The van der Waals surface area contributed by atoms with Crippen molar-refractivity contribution in [2.45, 2.75) is 26.8 Å². The van der Waals surface area contributed by atoms with Gasteiger partial charge in [0.1, 0.15) is 5.76 Å². The van der Waals surface area contributed by atoms with E-state index in [1.54, 1.807) is 13.1 Å². The van der Waals surface area contributed by atoms with Gasteiger partial charge in [0.25, 0.3) is 0 Å². The summed E-state index contributed by atoms with van der Waals surface area (Å²) in [6.07, 6.45) is 1.55. The van der Waals surface area contributed by atoms with Crippen molar-refractivity contribution in [1.29, 1.82) is 0 Å². The Balaban J connectivity index is 2.45. The molecule has 1 aromatic heterocycles. The molecule has 2 N–H and O–H groups in total. The predicted octanol–water partition coefficient (Wildman–Crippen LogP) is 1.51. The van der Waals surface area contributed by atoms with Crippen LogP contribution in [0.25, 0.3) is 0 Å². The number of nitrogens with zero attached hydrogens (tertiary/aromatic N) is 1. The molecule has 0 aliphatic rings. The fraction of sp³-hybridized carbons (Fsp3) is 0.500. The van der Waals surface area contributed by atoms with Gasteiger partial charge in [-0.1, -0.05) is 0 Å². The Morgan fingerprint density at radius 3 is 2.77 bits per heavy atom. The summed E-state index contributed by atoms with van der Waals surface area (Å²) in [4.78, 5) is 14.9. The average molecular weight is 183 g/mol. The molecular formula is C8H13N3O2. The number of urea groups is 1. The summed E-state index contributed by atoms with van der Waals surface area (Å²) >= 11 is 0. The van der Waals surface area contributed by atoms with E-state index in [2.05, 4.69) is 15.6 Å². The van der Waals surface area contributed by atoms with E-state index in [1.807, 2.05) is 13.8 Å². The highest BCUT2D eigenvalue weighted by atomic mass is 16.4. The SMILES string of the molecule is Cc1cnc(NC(=O)NC(C)C)o1. The van der Waals surface area contributed by atoms with Gasteiger partial charge < -0.3 is 9.73 Å². The monoisotopic (exact) mass is 183 g/mol. The number of carbonyl (C=O) groups is 1. The first-order chi connectivity index (χ1) is 6.08. The van der Waals surface area contributed by atoms with Crippen LogP contribution >= 0.6 is 0 Å². The first-order valence-electron chi connectivity index (χ1n) is 4.08. The summed E-state index contributed by atoms with van der Waals surface area (Å²) in [7, 11) is 0. The summed E-state index contributed by atoms with van der Waals surface area (Å²) in [6, 6.07) is 0.00330. The molecule has 0 radical (unpaired) electrons. The normalized spacial score (nSPS) is 10.2. The lowest BCUT2D eigenvalue weighted by atomic mass is 10.4. The van der Waals surface area contributed by atoms with Crippen LogP contribution in [0.4, 0.5) is 10.8 Å². The Hall–Kier alpha value is -1.52. The van der Waals surface area contributed by atoms with Gasteiger partial charge in [0.15, 0.2) is 0 Å². The van der Waals surface area contributed by atoms with Gasteiger partial charge >= 0.3 is 12.0 Å². The molecule has 1 rings (SSSR count). The van der Waals surface area contributed by atoms with Crippen LogP contribution in [0.1, 0.15) is 19.6 Å². The highest BCUT2D eigenvalue weighted by Gasteiger charge is 2.06. The maximum absolute atomic E-state index is 11.1. The van der Waals surface area contributed by atoms with Crippen LogP contribution in [0.2, 0.25) is 0 Å². The maximum Gasteiger partial charge on any atom is 0.323 e. The molecule has 0 saturated carbocycles. The number of rotatable bonds is 2. The summed E-state index contributed by atoms with van der Waals surface area (Å²) in [5, 5.41) is 5.12. The molecule has 72 valence electrons. The van der Waals surface area contributed by atoms with Gasteiger partial charge in [0, 0.05) is 6.04 Å². The molecule has 0 aliphatic heterocycles. The Kier molecular flexibility index (Phi) is 2.89. The van der Waals surface area contributed by atoms with Crippen LogP contribution in [0.15, 0.2) is 10.6 Å². The number of amides is 2. The topological polar surface area (TPSA) is 67.2 Å². The van der Waals surface area contributed by atoms with Gasteiger partial charge in [0.05, 0.1) is 6.20 Å². The number of aryl methyl sites for hydroxylation is 1. The van der Waals surface area contributed by atoms with E-state index in [4.69, 9.17) is 4.42 Å². The molecule has 2 amide bonds. The largest absolute Gasteiger partial charge is 0.429 e. The van der Waals surface area contributed by atoms with Crippen molar-refractivity contribution in [3.63, 3.8) is 0 Å². The zero-order valence-corrected chi connectivity index (χ0v) is 7.92. The molecule has 5 nitrogen and oxygen atoms in total. The van der Waals surface area contributed by atoms with Crippen LogP contribution in [0.5, 0.6) is 0 Å². The third-order valence-corrected chi connectivity index (χ3v) is 1.26. The predicted molar refractivity (Wildman–Crippen MR) is 48.5 cm³/mol. The molecule has 0 unspecified atom stereocenters. The standard InChI is InChI=1S/C8H13N3O2/c1-5(2)10-7(12)11-8-9-4-6(3)13-8/h4-5H,1-3H3,(H2,9,10,11,12). The Morgan fingerprint density at radius 2 is 2.31 bits per heavy atom. The van der Waals surface area contributed by atoms with Crippen LogP contribution in [-0.2, 0) is 0 Å². The third-order valence-electron chi connectivity index (χ3n) is 1.26. The molecule has 0 saturated heterocycles. The quantitative estimate of drug-likeness (QED) is 0.730. The minimum absolute atomic E-state index is 0.0936. The van der Waals surface area contributed by atoms with Crippen LogP contribution in [-0.4, -0.2) is 17.1 Å². The fourth-order valence-corrected chi connectivity index (χ4v) is 0.808. The number of hydrogen-bond donors (Lipinski definition) is 2. The van der Waals surface area contributed by atoms with E-state index in [0.29, 0.717) is 5.76 Å². The lowest BCUT2D eigenvalue weighted by Crippen LogP contribution is -2.34. The van der Waals surface area contributed by atoms with E-state index >= 15 is 0 Å². The van der Waals surface area contributed by atoms with Crippen molar-refractivity contribution in [3.05, 3.63) is 12.0 Å². The summed E-state index contributed by atoms with van der Waals surface area (Å²) in [5.74, 6) is 0.667. The smallest absolute Gasteiger partial charge is 0.323 e. The first-order valence-corrected chi connectivity index (χ1v) is 4.08. The highest BCUT2D eigenvalue weighted by Crippen LogP contribution is 2.06. The first kappa shape index (κ1) is 9.57. The molecular weight excluding hydrogens is 170 g/mol. The average Bonchev–Trinajstić information content (AvgIpc) is 2.33. The van der Waals surface area contributed by atoms with Gasteiger partial charge in [0.2, 0.25) is 0 Å². The van der Waals surface area contributed by atoms with E-state index < -0.39 is 0 Å². The number of nitrogens with one attached hydrogen (secondary N) is 2. The molecule has 0 spiro atoms. The van der Waals surface area contributed by atoms with Crippen molar-refractivity contribution in [2.24, 2.45) is 0 Å². The van der Waals surface area contributed by atoms with E-state index in [1.165, 1.54) is 0 Å². The Bertz CT molecular complexity index is 293. The van der Waals surface area contributed by atoms with Crippen molar-refractivity contribution in [2.75, 3.05) is 5.32 Å². The summed E-state index contributed by atoms with van der Waals surface area (Å²) in [6.45, 7) is 5.51. The minimum Gasteiger partial charge on any atom is -0.429 e. The van der Waals surface area contributed by atoms with Gasteiger partial charge in [-0.25, -0.2) is 9.78 Å². The third kappa shape index (κ3) is 3.14. The molecule has 0 bridgehead atoms.